The quantitative estimate of drug-likeness (QED) is 0.850. The van der Waals surface area contributed by atoms with Gasteiger partial charge in [0, 0.05) is 50.9 Å². The lowest BCUT2D eigenvalue weighted by molar-refractivity contribution is -0.136. The van der Waals surface area contributed by atoms with Gasteiger partial charge in [-0.2, -0.15) is 0 Å². The van der Waals surface area contributed by atoms with Gasteiger partial charge in [0.2, 0.25) is 5.91 Å². The fraction of sp³-hybridized carbons (Fsp3) is 0.650. The van der Waals surface area contributed by atoms with Crippen LogP contribution in [0.1, 0.15) is 33.1 Å². The molecule has 2 aliphatic rings. The number of piperidine rings is 1. The minimum atomic E-state index is 0.331. The third-order valence-electron chi connectivity index (χ3n) is 5.39. The van der Waals surface area contributed by atoms with Crippen molar-refractivity contribution < 1.29 is 4.79 Å². The molecule has 1 aromatic rings. The third kappa shape index (κ3) is 4.29. The summed E-state index contributed by atoms with van der Waals surface area (Å²) in [7, 11) is 0. The van der Waals surface area contributed by atoms with Gasteiger partial charge in [0.15, 0.2) is 0 Å². The maximum absolute atomic E-state index is 12.0. The number of anilines is 1. The molecule has 1 atom stereocenters. The van der Waals surface area contributed by atoms with E-state index in [1.165, 1.54) is 18.7 Å². The van der Waals surface area contributed by atoms with E-state index in [0.717, 1.165) is 45.6 Å². The number of rotatable bonds is 4. The first-order valence-electron chi connectivity index (χ1n) is 9.45. The van der Waals surface area contributed by atoms with Crippen LogP contribution in [0.2, 0.25) is 0 Å². The summed E-state index contributed by atoms with van der Waals surface area (Å²) in [6.07, 6.45) is 3.00. The summed E-state index contributed by atoms with van der Waals surface area (Å²) in [5.41, 5.74) is 1.34. The molecule has 1 aromatic carbocycles. The molecule has 2 saturated heterocycles. The van der Waals surface area contributed by atoms with E-state index in [0.29, 0.717) is 17.9 Å². The van der Waals surface area contributed by atoms with Crippen LogP contribution in [0.15, 0.2) is 30.3 Å². The molecule has 132 valence electrons. The molecular weight excluding hydrogens is 298 g/mol. The van der Waals surface area contributed by atoms with E-state index in [1.807, 2.05) is 0 Å². The van der Waals surface area contributed by atoms with Gasteiger partial charge in [-0.1, -0.05) is 18.2 Å². The molecule has 1 unspecified atom stereocenters. The third-order valence-corrected chi connectivity index (χ3v) is 5.39. The van der Waals surface area contributed by atoms with Crippen molar-refractivity contribution in [1.29, 1.82) is 0 Å². The number of benzene rings is 1. The van der Waals surface area contributed by atoms with E-state index in [1.54, 1.807) is 0 Å². The molecule has 4 nitrogen and oxygen atoms in total. The molecule has 24 heavy (non-hydrogen) atoms. The van der Waals surface area contributed by atoms with Crippen LogP contribution in [0.5, 0.6) is 0 Å². The second-order valence-corrected chi connectivity index (χ2v) is 7.52. The molecule has 2 fully saturated rings. The maximum Gasteiger partial charge on any atom is 0.222 e. The number of hydrogen-bond acceptors (Lipinski definition) is 3. The highest BCUT2D eigenvalue weighted by Crippen LogP contribution is 2.22. The summed E-state index contributed by atoms with van der Waals surface area (Å²) in [6.45, 7) is 10.9. The van der Waals surface area contributed by atoms with Crippen LogP contribution >= 0.6 is 0 Å². The van der Waals surface area contributed by atoms with Crippen molar-refractivity contribution in [3.05, 3.63) is 30.3 Å². The van der Waals surface area contributed by atoms with Crippen molar-refractivity contribution in [2.45, 2.75) is 39.2 Å². The summed E-state index contributed by atoms with van der Waals surface area (Å²) in [4.78, 5) is 19.2. The van der Waals surface area contributed by atoms with E-state index in [2.05, 4.69) is 58.9 Å². The Bertz CT molecular complexity index is 531. The van der Waals surface area contributed by atoms with Crippen molar-refractivity contribution >= 4 is 11.6 Å². The Balaban J connectivity index is 1.52. The molecule has 2 heterocycles. The first-order valence-corrected chi connectivity index (χ1v) is 9.45. The van der Waals surface area contributed by atoms with Gasteiger partial charge < -0.3 is 14.7 Å². The maximum atomic E-state index is 12.0. The minimum absolute atomic E-state index is 0.331. The van der Waals surface area contributed by atoms with Crippen LogP contribution in [0.3, 0.4) is 0 Å². The van der Waals surface area contributed by atoms with Gasteiger partial charge in [0.05, 0.1) is 0 Å². The lowest BCUT2D eigenvalue weighted by Crippen LogP contribution is -2.47. The lowest BCUT2D eigenvalue weighted by atomic mass is 9.95. The molecular formula is C20H31N3O. The fourth-order valence-corrected chi connectivity index (χ4v) is 4.01. The molecule has 0 aliphatic carbocycles. The fourth-order valence-electron chi connectivity index (χ4n) is 4.01. The average molecular weight is 329 g/mol. The van der Waals surface area contributed by atoms with E-state index in [4.69, 9.17) is 0 Å². The number of carbonyl (C=O) groups excluding carboxylic acids is 1. The number of nitrogens with zero attached hydrogens (tertiary/aromatic N) is 3. The lowest BCUT2D eigenvalue weighted by Gasteiger charge is -2.37. The highest BCUT2D eigenvalue weighted by atomic mass is 16.2. The molecule has 0 saturated carbocycles. The Hall–Kier alpha value is -1.55. The number of carbonyl (C=O) groups is 1. The summed E-state index contributed by atoms with van der Waals surface area (Å²) >= 11 is 0. The highest BCUT2D eigenvalue weighted by Gasteiger charge is 2.28. The molecule has 0 spiro atoms. The zero-order valence-corrected chi connectivity index (χ0v) is 15.2. The zero-order chi connectivity index (χ0) is 16.9. The standard InChI is InChI=1S/C20H31N3O/c1-17(2)23-16-18(9-10-20(23)24)15-21-11-6-12-22(14-13-21)19-7-4-3-5-8-19/h3-5,7-8,17-18H,6,9-16H2,1-2H3. The van der Waals surface area contributed by atoms with Crippen LogP contribution in [-0.4, -0.2) is 61.0 Å². The van der Waals surface area contributed by atoms with Gasteiger partial charge in [-0.3, -0.25) is 4.79 Å². The van der Waals surface area contributed by atoms with Gasteiger partial charge in [-0.15, -0.1) is 0 Å². The van der Waals surface area contributed by atoms with Crippen molar-refractivity contribution in [3.8, 4) is 0 Å². The molecule has 0 N–H and O–H groups in total. The van der Waals surface area contributed by atoms with Gasteiger partial charge >= 0.3 is 0 Å². The van der Waals surface area contributed by atoms with Crippen molar-refractivity contribution in [2.75, 3.05) is 44.2 Å². The molecule has 0 radical (unpaired) electrons. The predicted octanol–water partition coefficient (Wildman–Crippen LogP) is 2.85. The van der Waals surface area contributed by atoms with Crippen LogP contribution < -0.4 is 4.90 Å². The Labute approximate surface area is 146 Å². The van der Waals surface area contributed by atoms with E-state index < -0.39 is 0 Å². The normalized spacial score (nSPS) is 23.6. The second kappa shape index (κ2) is 8.02. The molecule has 2 aliphatic heterocycles. The van der Waals surface area contributed by atoms with Crippen LogP contribution in [0.4, 0.5) is 5.69 Å². The minimum Gasteiger partial charge on any atom is -0.370 e. The summed E-state index contributed by atoms with van der Waals surface area (Å²) in [6, 6.07) is 11.1. The van der Waals surface area contributed by atoms with Gasteiger partial charge in [-0.05, 0) is 51.3 Å². The Morgan fingerprint density at radius 1 is 1.08 bits per heavy atom. The van der Waals surface area contributed by atoms with Crippen LogP contribution in [-0.2, 0) is 4.79 Å². The molecule has 4 heteroatoms. The van der Waals surface area contributed by atoms with E-state index in [-0.39, 0.29) is 0 Å². The van der Waals surface area contributed by atoms with Crippen molar-refractivity contribution in [2.24, 2.45) is 5.92 Å². The predicted molar refractivity (Wildman–Crippen MR) is 99.3 cm³/mol. The average Bonchev–Trinajstić information content (AvgIpc) is 2.83. The van der Waals surface area contributed by atoms with E-state index in [9.17, 15) is 4.79 Å². The first-order chi connectivity index (χ1) is 11.6. The Kier molecular flexibility index (Phi) is 5.77. The largest absolute Gasteiger partial charge is 0.370 e. The molecule has 0 aromatic heterocycles. The second-order valence-electron chi connectivity index (χ2n) is 7.52. The zero-order valence-electron chi connectivity index (χ0n) is 15.2. The number of para-hydroxylation sites is 1. The van der Waals surface area contributed by atoms with E-state index >= 15 is 0 Å². The monoisotopic (exact) mass is 329 g/mol. The van der Waals surface area contributed by atoms with Gasteiger partial charge in [0.25, 0.3) is 0 Å². The molecule has 0 bridgehead atoms. The molecule has 1 amide bonds. The molecule has 3 rings (SSSR count). The SMILES string of the molecule is CC(C)N1CC(CN2CCCN(c3ccccc3)CC2)CCC1=O. The Morgan fingerprint density at radius 3 is 2.62 bits per heavy atom. The van der Waals surface area contributed by atoms with Crippen LogP contribution in [0, 0.1) is 5.92 Å². The van der Waals surface area contributed by atoms with Gasteiger partial charge in [-0.25, -0.2) is 0 Å². The summed E-state index contributed by atoms with van der Waals surface area (Å²) in [5.74, 6) is 0.973. The number of hydrogen-bond donors (Lipinski definition) is 0. The topological polar surface area (TPSA) is 26.8 Å². The summed E-state index contributed by atoms with van der Waals surface area (Å²) < 4.78 is 0. The smallest absolute Gasteiger partial charge is 0.222 e. The van der Waals surface area contributed by atoms with Crippen molar-refractivity contribution in [3.63, 3.8) is 0 Å². The highest BCUT2D eigenvalue weighted by molar-refractivity contribution is 5.77. The van der Waals surface area contributed by atoms with Gasteiger partial charge in [0.1, 0.15) is 0 Å². The van der Waals surface area contributed by atoms with Crippen molar-refractivity contribution in [1.82, 2.24) is 9.80 Å². The summed E-state index contributed by atoms with van der Waals surface area (Å²) in [5, 5.41) is 0. The number of likely N-dealkylation sites (tertiary alicyclic amines) is 1. The first kappa shape index (κ1) is 17.3. The number of amides is 1. The van der Waals surface area contributed by atoms with Crippen LogP contribution in [0.25, 0.3) is 0 Å². The Morgan fingerprint density at radius 2 is 1.88 bits per heavy atom.